The van der Waals surface area contributed by atoms with Gasteiger partial charge in [0.05, 0.1) is 6.10 Å². The molecule has 2 heterocycles. The maximum atomic E-state index is 6.10. The number of piperidine rings is 1. The van der Waals surface area contributed by atoms with Crippen molar-refractivity contribution in [3.8, 4) is 0 Å². The van der Waals surface area contributed by atoms with Crippen LogP contribution in [0.3, 0.4) is 0 Å². The van der Waals surface area contributed by atoms with Gasteiger partial charge in [0.2, 0.25) is 0 Å². The first-order valence-corrected chi connectivity index (χ1v) is 7.93. The Hall–Kier alpha value is 0.230. The van der Waals surface area contributed by atoms with Crippen molar-refractivity contribution in [3.05, 3.63) is 0 Å². The molecule has 0 spiro atoms. The lowest BCUT2D eigenvalue weighted by Crippen LogP contribution is -2.60. The van der Waals surface area contributed by atoms with Crippen LogP contribution in [0.1, 0.15) is 26.2 Å². The molecule has 0 aliphatic carbocycles. The summed E-state index contributed by atoms with van der Waals surface area (Å²) in [5, 5.41) is 0. The highest BCUT2D eigenvalue weighted by Gasteiger charge is 2.40. The van der Waals surface area contributed by atoms with Crippen LogP contribution in [-0.4, -0.2) is 54.8 Å². The molecule has 2 fully saturated rings. The van der Waals surface area contributed by atoms with Crippen LogP contribution in [0.15, 0.2) is 0 Å². The lowest BCUT2D eigenvalue weighted by molar-refractivity contribution is -0.0470. The Morgan fingerprint density at radius 1 is 1.41 bits per heavy atom. The number of rotatable bonds is 3. The van der Waals surface area contributed by atoms with E-state index in [1.807, 2.05) is 7.11 Å². The van der Waals surface area contributed by atoms with Gasteiger partial charge in [0.15, 0.2) is 0 Å². The van der Waals surface area contributed by atoms with Crippen molar-refractivity contribution < 1.29 is 4.74 Å². The number of hydrogen-bond donors (Lipinski definition) is 1. The molecule has 17 heavy (non-hydrogen) atoms. The molecule has 0 saturated carbocycles. The molecular formula is C13H26N2OS. The van der Waals surface area contributed by atoms with E-state index in [2.05, 4.69) is 23.6 Å². The van der Waals surface area contributed by atoms with Crippen molar-refractivity contribution >= 4 is 11.8 Å². The third kappa shape index (κ3) is 2.80. The summed E-state index contributed by atoms with van der Waals surface area (Å²) in [6.45, 7) is 5.37. The molecule has 2 unspecified atom stereocenters. The van der Waals surface area contributed by atoms with Gasteiger partial charge >= 0.3 is 0 Å². The molecule has 2 rings (SSSR count). The highest BCUT2D eigenvalue weighted by atomic mass is 32.2. The number of thioether (sulfide) groups is 1. The van der Waals surface area contributed by atoms with Crippen molar-refractivity contribution in [2.75, 3.05) is 38.2 Å². The molecule has 0 bridgehead atoms. The van der Waals surface area contributed by atoms with Crippen LogP contribution in [-0.2, 0) is 4.74 Å². The minimum absolute atomic E-state index is 0.266. The first-order chi connectivity index (χ1) is 8.22. The molecule has 100 valence electrons. The Labute approximate surface area is 109 Å². The average Bonchev–Trinajstić information content (AvgIpc) is 2.40. The van der Waals surface area contributed by atoms with E-state index >= 15 is 0 Å². The highest BCUT2D eigenvalue weighted by molar-refractivity contribution is 7.99. The van der Waals surface area contributed by atoms with Crippen LogP contribution in [0, 0.1) is 5.92 Å². The minimum Gasteiger partial charge on any atom is -0.380 e. The average molecular weight is 258 g/mol. The standard InChI is InChI=1S/C13H26N2OS/c1-11-3-6-15(9-12(11)16-2)13(10-14)4-7-17-8-5-13/h11-12H,3-10,14H2,1-2H3. The summed E-state index contributed by atoms with van der Waals surface area (Å²) in [6.07, 6.45) is 4.13. The van der Waals surface area contributed by atoms with Gasteiger partial charge in [-0.05, 0) is 43.2 Å². The number of nitrogens with two attached hydrogens (primary N) is 1. The summed E-state index contributed by atoms with van der Waals surface area (Å²) in [4.78, 5) is 2.63. The molecule has 2 aliphatic rings. The predicted octanol–water partition coefficient (Wildman–Crippen LogP) is 1.57. The summed E-state index contributed by atoms with van der Waals surface area (Å²) < 4.78 is 5.63. The zero-order valence-electron chi connectivity index (χ0n) is 11.2. The largest absolute Gasteiger partial charge is 0.380 e. The first kappa shape index (κ1) is 13.7. The predicted molar refractivity (Wildman–Crippen MR) is 74.5 cm³/mol. The monoisotopic (exact) mass is 258 g/mol. The molecule has 0 radical (unpaired) electrons. The van der Waals surface area contributed by atoms with Crippen LogP contribution in [0.4, 0.5) is 0 Å². The maximum absolute atomic E-state index is 6.10. The van der Waals surface area contributed by atoms with E-state index in [1.54, 1.807) is 0 Å². The summed E-state index contributed by atoms with van der Waals surface area (Å²) in [7, 11) is 1.84. The lowest BCUT2D eigenvalue weighted by atomic mass is 9.85. The Kier molecular flexibility index (Phi) is 4.75. The molecule has 0 aromatic carbocycles. The molecule has 2 aliphatic heterocycles. The Morgan fingerprint density at radius 2 is 2.12 bits per heavy atom. The van der Waals surface area contributed by atoms with Gasteiger partial charge in [0, 0.05) is 25.7 Å². The molecule has 4 heteroatoms. The van der Waals surface area contributed by atoms with Crippen LogP contribution in [0.25, 0.3) is 0 Å². The fraction of sp³-hybridized carbons (Fsp3) is 1.00. The number of likely N-dealkylation sites (tertiary alicyclic amines) is 1. The van der Waals surface area contributed by atoms with Crippen molar-refractivity contribution in [3.63, 3.8) is 0 Å². The minimum atomic E-state index is 0.266. The van der Waals surface area contributed by atoms with Crippen molar-refractivity contribution in [2.45, 2.75) is 37.8 Å². The van der Waals surface area contributed by atoms with Gasteiger partial charge in [0.25, 0.3) is 0 Å². The molecular weight excluding hydrogens is 232 g/mol. The van der Waals surface area contributed by atoms with Crippen molar-refractivity contribution in [1.29, 1.82) is 0 Å². The fourth-order valence-electron chi connectivity index (χ4n) is 3.17. The SMILES string of the molecule is COC1CN(C2(CN)CCSCC2)CCC1C. The van der Waals surface area contributed by atoms with E-state index in [-0.39, 0.29) is 5.54 Å². The molecule has 3 nitrogen and oxygen atoms in total. The first-order valence-electron chi connectivity index (χ1n) is 6.77. The Balaban J connectivity index is 2.04. The summed E-state index contributed by atoms with van der Waals surface area (Å²) in [6, 6.07) is 0. The van der Waals surface area contributed by atoms with E-state index in [9.17, 15) is 0 Å². The van der Waals surface area contributed by atoms with Gasteiger partial charge in [-0.3, -0.25) is 4.90 Å². The maximum Gasteiger partial charge on any atom is 0.0724 e. The second-order valence-corrected chi connectivity index (χ2v) is 6.75. The van der Waals surface area contributed by atoms with E-state index in [0.29, 0.717) is 12.0 Å². The summed E-state index contributed by atoms with van der Waals surface area (Å²) in [5.74, 6) is 3.21. The number of ether oxygens (including phenoxy) is 1. The molecule has 2 saturated heterocycles. The van der Waals surface area contributed by atoms with Crippen molar-refractivity contribution in [2.24, 2.45) is 11.7 Å². The van der Waals surface area contributed by atoms with Crippen molar-refractivity contribution in [1.82, 2.24) is 4.90 Å². The van der Waals surface area contributed by atoms with Gasteiger partial charge in [-0.1, -0.05) is 6.92 Å². The summed E-state index contributed by atoms with van der Waals surface area (Å²) in [5.41, 5.74) is 6.36. The smallest absolute Gasteiger partial charge is 0.0724 e. The zero-order valence-corrected chi connectivity index (χ0v) is 12.0. The third-order valence-electron chi connectivity index (χ3n) is 4.67. The molecule has 0 aromatic heterocycles. The van der Waals surface area contributed by atoms with Gasteiger partial charge in [-0.2, -0.15) is 11.8 Å². The third-order valence-corrected chi connectivity index (χ3v) is 5.65. The second-order valence-electron chi connectivity index (χ2n) is 5.53. The molecule has 2 atom stereocenters. The van der Waals surface area contributed by atoms with Gasteiger partial charge in [-0.15, -0.1) is 0 Å². The summed E-state index contributed by atoms with van der Waals surface area (Å²) >= 11 is 2.07. The van der Waals surface area contributed by atoms with Gasteiger partial charge < -0.3 is 10.5 Å². The van der Waals surface area contributed by atoms with Crippen LogP contribution in [0.2, 0.25) is 0 Å². The topological polar surface area (TPSA) is 38.5 Å². The highest BCUT2D eigenvalue weighted by Crippen LogP contribution is 2.35. The second kappa shape index (κ2) is 5.91. The zero-order chi connectivity index (χ0) is 12.3. The van der Waals surface area contributed by atoms with E-state index < -0.39 is 0 Å². The fourth-order valence-corrected chi connectivity index (χ4v) is 4.43. The number of methoxy groups -OCH3 is 1. The van der Waals surface area contributed by atoms with Gasteiger partial charge in [-0.25, -0.2) is 0 Å². The Bertz CT molecular complexity index is 244. The van der Waals surface area contributed by atoms with E-state index in [1.165, 1.54) is 37.3 Å². The van der Waals surface area contributed by atoms with Crippen LogP contribution in [0.5, 0.6) is 0 Å². The normalized spacial score (nSPS) is 34.8. The lowest BCUT2D eigenvalue weighted by Gasteiger charge is -2.50. The number of nitrogens with zero attached hydrogens (tertiary/aromatic N) is 1. The van der Waals surface area contributed by atoms with E-state index in [0.717, 1.165) is 13.1 Å². The quantitative estimate of drug-likeness (QED) is 0.834. The van der Waals surface area contributed by atoms with Crippen LogP contribution >= 0.6 is 11.8 Å². The Morgan fingerprint density at radius 3 is 2.71 bits per heavy atom. The van der Waals surface area contributed by atoms with E-state index in [4.69, 9.17) is 10.5 Å². The number of hydrogen-bond acceptors (Lipinski definition) is 4. The molecule has 2 N–H and O–H groups in total. The molecule has 0 amide bonds. The molecule has 0 aromatic rings. The van der Waals surface area contributed by atoms with Gasteiger partial charge in [0.1, 0.15) is 0 Å². The van der Waals surface area contributed by atoms with Crippen LogP contribution < -0.4 is 5.73 Å².